The second kappa shape index (κ2) is 6.25. The maximum atomic E-state index is 12.9. The Kier molecular flexibility index (Phi) is 4.29. The number of benzene rings is 1. The van der Waals surface area contributed by atoms with E-state index in [1.807, 2.05) is 0 Å². The van der Waals surface area contributed by atoms with E-state index < -0.39 is 10.0 Å². The first-order valence-electron chi connectivity index (χ1n) is 9.62. The van der Waals surface area contributed by atoms with Crippen LogP contribution in [0.5, 0.6) is 0 Å². The molecule has 142 valence electrons. The standard InChI is InChI=1S/C20H28N2O3S/c1-13(20-10-14-7-15(11-20)9-16(8-14)12-20)21-19(23)17-5-3-4-6-18(17)22-26(2,24)25/h3-6,13-16,22H,7-12H2,1-2H3,(H,21,23)/t13-,14?,15?,16?,20?/m1/s1. The second-order valence-electron chi connectivity index (χ2n) is 8.89. The van der Waals surface area contributed by atoms with E-state index in [1.165, 1.54) is 38.5 Å². The molecule has 1 atom stereocenters. The van der Waals surface area contributed by atoms with Crippen LogP contribution < -0.4 is 10.0 Å². The summed E-state index contributed by atoms with van der Waals surface area (Å²) in [7, 11) is -3.43. The van der Waals surface area contributed by atoms with Crippen LogP contribution in [0.2, 0.25) is 0 Å². The number of anilines is 1. The summed E-state index contributed by atoms with van der Waals surface area (Å²) < 4.78 is 25.6. The van der Waals surface area contributed by atoms with E-state index in [2.05, 4.69) is 17.0 Å². The fourth-order valence-corrected chi connectivity index (χ4v) is 6.68. The van der Waals surface area contributed by atoms with Crippen LogP contribution in [0.3, 0.4) is 0 Å². The van der Waals surface area contributed by atoms with E-state index in [0.29, 0.717) is 11.3 Å². The van der Waals surface area contributed by atoms with Crippen LogP contribution in [-0.4, -0.2) is 26.6 Å². The van der Waals surface area contributed by atoms with Gasteiger partial charge in [-0.2, -0.15) is 0 Å². The molecule has 1 amide bonds. The van der Waals surface area contributed by atoms with Gasteiger partial charge in [-0.25, -0.2) is 8.42 Å². The van der Waals surface area contributed by atoms with Crippen LogP contribution in [0.25, 0.3) is 0 Å². The van der Waals surface area contributed by atoms with Crippen LogP contribution in [-0.2, 0) is 10.0 Å². The summed E-state index contributed by atoms with van der Waals surface area (Å²) in [6, 6.07) is 6.90. The van der Waals surface area contributed by atoms with Gasteiger partial charge < -0.3 is 5.32 Å². The monoisotopic (exact) mass is 376 g/mol. The number of hydrogen-bond donors (Lipinski definition) is 2. The number of amides is 1. The molecular formula is C20H28N2O3S. The molecule has 6 heteroatoms. The maximum absolute atomic E-state index is 12.9. The molecule has 1 aromatic carbocycles. The summed E-state index contributed by atoms with van der Waals surface area (Å²) in [5, 5.41) is 3.21. The molecule has 0 spiro atoms. The quantitative estimate of drug-likeness (QED) is 0.827. The van der Waals surface area contributed by atoms with Gasteiger partial charge in [-0.1, -0.05) is 12.1 Å². The normalized spacial score (nSPS) is 33.7. The Balaban J connectivity index is 1.52. The number of sulfonamides is 1. The average molecular weight is 377 g/mol. The molecule has 0 unspecified atom stereocenters. The van der Waals surface area contributed by atoms with E-state index in [1.54, 1.807) is 24.3 Å². The first-order chi connectivity index (χ1) is 12.2. The number of hydrogen-bond acceptors (Lipinski definition) is 3. The Labute approximate surface area is 156 Å². The lowest BCUT2D eigenvalue weighted by molar-refractivity contribution is -0.0687. The number of nitrogens with one attached hydrogen (secondary N) is 2. The Morgan fingerprint density at radius 1 is 1.08 bits per heavy atom. The molecular weight excluding hydrogens is 348 g/mol. The van der Waals surface area contributed by atoms with Crippen LogP contribution >= 0.6 is 0 Å². The highest BCUT2D eigenvalue weighted by Gasteiger charge is 2.53. The van der Waals surface area contributed by atoms with Crippen molar-refractivity contribution in [2.75, 3.05) is 11.0 Å². The minimum Gasteiger partial charge on any atom is -0.349 e. The highest BCUT2D eigenvalue weighted by atomic mass is 32.2. The van der Waals surface area contributed by atoms with Gasteiger partial charge in [0.25, 0.3) is 5.91 Å². The van der Waals surface area contributed by atoms with Gasteiger partial charge in [-0.3, -0.25) is 9.52 Å². The summed E-state index contributed by atoms with van der Waals surface area (Å²) in [4.78, 5) is 12.9. The Bertz CT molecular complexity index is 783. The molecule has 5 nitrogen and oxygen atoms in total. The third-order valence-corrected chi connectivity index (χ3v) is 7.41. The smallest absolute Gasteiger partial charge is 0.253 e. The molecule has 4 aliphatic rings. The first kappa shape index (κ1) is 17.8. The van der Waals surface area contributed by atoms with Gasteiger partial charge in [-0.15, -0.1) is 0 Å². The average Bonchev–Trinajstić information content (AvgIpc) is 2.52. The number of para-hydroxylation sites is 1. The number of carbonyl (C=O) groups excluding carboxylic acids is 1. The van der Waals surface area contributed by atoms with E-state index in [-0.39, 0.29) is 17.4 Å². The first-order valence-corrected chi connectivity index (χ1v) is 11.5. The molecule has 2 N–H and O–H groups in total. The lowest BCUT2D eigenvalue weighted by Crippen LogP contribution is -2.55. The molecule has 26 heavy (non-hydrogen) atoms. The SMILES string of the molecule is C[C@@H](NC(=O)c1ccccc1NS(C)(=O)=O)C12CC3CC(CC(C3)C1)C2. The van der Waals surface area contributed by atoms with Gasteiger partial charge in [0.05, 0.1) is 17.5 Å². The molecule has 0 heterocycles. The third kappa shape index (κ3) is 3.36. The Morgan fingerprint density at radius 2 is 1.62 bits per heavy atom. The maximum Gasteiger partial charge on any atom is 0.253 e. The molecule has 4 saturated carbocycles. The minimum absolute atomic E-state index is 0.106. The van der Waals surface area contributed by atoms with Gasteiger partial charge in [-0.05, 0) is 80.8 Å². The zero-order chi connectivity index (χ0) is 18.5. The predicted molar refractivity (Wildman–Crippen MR) is 102 cm³/mol. The van der Waals surface area contributed by atoms with Gasteiger partial charge in [0.1, 0.15) is 0 Å². The summed E-state index contributed by atoms with van der Waals surface area (Å²) >= 11 is 0. The second-order valence-corrected chi connectivity index (χ2v) is 10.6. The lowest BCUT2D eigenvalue weighted by atomic mass is 9.48. The Morgan fingerprint density at radius 3 is 2.15 bits per heavy atom. The van der Waals surface area contributed by atoms with Crippen LogP contribution in [0.15, 0.2) is 24.3 Å². The van der Waals surface area contributed by atoms with Gasteiger partial charge in [0, 0.05) is 6.04 Å². The van der Waals surface area contributed by atoms with Crippen LogP contribution in [0, 0.1) is 23.2 Å². The molecule has 0 saturated heterocycles. The van der Waals surface area contributed by atoms with Crippen LogP contribution in [0.1, 0.15) is 55.8 Å². The topological polar surface area (TPSA) is 75.3 Å². The van der Waals surface area contributed by atoms with Crippen molar-refractivity contribution >= 4 is 21.6 Å². The summed E-state index contributed by atoms with van der Waals surface area (Å²) in [6.07, 6.45) is 8.90. The molecule has 4 bridgehead atoms. The molecule has 0 aliphatic heterocycles. The lowest BCUT2D eigenvalue weighted by Gasteiger charge is -2.59. The zero-order valence-electron chi connectivity index (χ0n) is 15.5. The molecule has 4 fully saturated rings. The van der Waals surface area contributed by atoms with Crippen molar-refractivity contribution in [2.24, 2.45) is 23.2 Å². The van der Waals surface area contributed by atoms with E-state index in [9.17, 15) is 13.2 Å². The highest BCUT2D eigenvalue weighted by molar-refractivity contribution is 7.92. The number of carbonyl (C=O) groups is 1. The Hall–Kier alpha value is -1.56. The molecule has 0 aromatic heterocycles. The molecule has 0 radical (unpaired) electrons. The van der Waals surface area contributed by atoms with Crippen molar-refractivity contribution < 1.29 is 13.2 Å². The molecule has 4 aliphatic carbocycles. The van der Waals surface area contributed by atoms with Crippen molar-refractivity contribution in [1.29, 1.82) is 0 Å². The highest BCUT2D eigenvalue weighted by Crippen LogP contribution is 2.61. The van der Waals surface area contributed by atoms with E-state index in [0.717, 1.165) is 24.0 Å². The van der Waals surface area contributed by atoms with Gasteiger partial charge in [0.2, 0.25) is 10.0 Å². The van der Waals surface area contributed by atoms with E-state index >= 15 is 0 Å². The number of rotatable bonds is 5. The van der Waals surface area contributed by atoms with Gasteiger partial charge in [0.15, 0.2) is 0 Å². The fourth-order valence-electron chi connectivity index (χ4n) is 6.11. The van der Waals surface area contributed by atoms with E-state index in [4.69, 9.17) is 0 Å². The van der Waals surface area contributed by atoms with Crippen molar-refractivity contribution in [3.63, 3.8) is 0 Å². The fraction of sp³-hybridized carbons (Fsp3) is 0.650. The predicted octanol–water partition coefficient (Wildman–Crippen LogP) is 3.39. The third-order valence-electron chi connectivity index (χ3n) is 6.82. The summed E-state index contributed by atoms with van der Waals surface area (Å²) in [6.45, 7) is 2.14. The zero-order valence-corrected chi connectivity index (χ0v) is 16.3. The van der Waals surface area contributed by atoms with Gasteiger partial charge >= 0.3 is 0 Å². The summed E-state index contributed by atoms with van der Waals surface area (Å²) in [5.41, 5.74) is 0.948. The minimum atomic E-state index is -3.43. The summed E-state index contributed by atoms with van der Waals surface area (Å²) in [5.74, 6) is 2.30. The van der Waals surface area contributed by atoms with Crippen molar-refractivity contribution in [3.05, 3.63) is 29.8 Å². The van der Waals surface area contributed by atoms with Crippen molar-refractivity contribution in [2.45, 2.75) is 51.5 Å². The molecule has 5 rings (SSSR count). The largest absolute Gasteiger partial charge is 0.349 e. The van der Waals surface area contributed by atoms with Crippen molar-refractivity contribution in [1.82, 2.24) is 5.32 Å². The van der Waals surface area contributed by atoms with Crippen molar-refractivity contribution in [3.8, 4) is 0 Å². The van der Waals surface area contributed by atoms with Crippen LogP contribution in [0.4, 0.5) is 5.69 Å². The molecule has 1 aromatic rings.